The molecule has 0 fully saturated rings. The third-order valence-corrected chi connectivity index (χ3v) is 4.27. The summed E-state index contributed by atoms with van der Waals surface area (Å²) in [7, 11) is 0. The van der Waals surface area contributed by atoms with Gasteiger partial charge in [-0.15, -0.1) is 0 Å². The number of ether oxygens (including phenoxy) is 2. The summed E-state index contributed by atoms with van der Waals surface area (Å²) in [5.74, 6) is 0. The third-order valence-electron chi connectivity index (χ3n) is 4.27. The molecule has 0 radical (unpaired) electrons. The Hall–Kier alpha value is -0.0800. The Balaban J connectivity index is 4.27. The van der Waals surface area contributed by atoms with Gasteiger partial charge in [-0.05, 0) is 46.0 Å². The lowest BCUT2D eigenvalue weighted by Crippen LogP contribution is -2.35. The van der Waals surface area contributed by atoms with Crippen LogP contribution in [-0.2, 0) is 9.47 Å². The van der Waals surface area contributed by atoms with Crippen molar-refractivity contribution in [1.29, 1.82) is 0 Å². The molecule has 0 amide bonds. The van der Waals surface area contributed by atoms with E-state index in [2.05, 4.69) is 41.5 Å². The molecule has 2 heteroatoms. The summed E-state index contributed by atoms with van der Waals surface area (Å²) in [6, 6.07) is 0. The average molecular weight is 258 g/mol. The van der Waals surface area contributed by atoms with Crippen molar-refractivity contribution in [2.24, 2.45) is 0 Å². The topological polar surface area (TPSA) is 18.5 Å². The molecule has 2 nitrogen and oxygen atoms in total. The molecule has 0 rings (SSSR count). The van der Waals surface area contributed by atoms with E-state index in [-0.39, 0.29) is 11.2 Å². The Morgan fingerprint density at radius 3 is 1.78 bits per heavy atom. The lowest BCUT2D eigenvalue weighted by atomic mass is 9.91. The first-order valence-corrected chi connectivity index (χ1v) is 7.79. The minimum Gasteiger partial charge on any atom is -0.375 e. The molecule has 110 valence electrons. The SMILES string of the molecule is CCCC(CC)(CC)OCCC(C)(CC)OCC. The molecule has 0 aliphatic heterocycles. The van der Waals surface area contributed by atoms with E-state index in [4.69, 9.17) is 9.47 Å². The Bertz CT molecular complexity index is 199. The van der Waals surface area contributed by atoms with Gasteiger partial charge in [0.15, 0.2) is 0 Å². The van der Waals surface area contributed by atoms with Crippen molar-refractivity contribution in [3.05, 3.63) is 0 Å². The van der Waals surface area contributed by atoms with Gasteiger partial charge in [0.25, 0.3) is 0 Å². The van der Waals surface area contributed by atoms with E-state index >= 15 is 0 Å². The van der Waals surface area contributed by atoms with Crippen molar-refractivity contribution >= 4 is 0 Å². The minimum absolute atomic E-state index is 0.0197. The van der Waals surface area contributed by atoms with Gasteiger partial charge in [0.05, 0.1) is 17.8 Å². The average Bonchev–Trinajstić information content (AvgIpc) is 2.38. The Kier molecular flexibility index (Phi) is 8.89. The molecule has 0 bridgehead atoms. The van der Waals surface area contributed by atoms with Gasteiger partial charge in [-0.25, -0.2) is 0 Å². The maximum Gasteiger partial charge on any atom is 0.0677 e. The summed E-state index contributed by atoms with van der Waals surface area (Å²) >= 11 is 0. The van der Waals surface area contributed by atoms with E-state index < -0.39 is 0 Å². The predicted molar refractivity (Wildman–Crippen MR) is 79.1 cm³/mol. The molecule has 1 atom stereocenters. The van der Waals surface area contributed by atoms with Crippen LogP contribution in [0, 0.1) is 0 Å². The normalized spacial score (nSPS) is 15.7. The first-order chi connectivity index (χ1) is 8.51. The highest BCUT2D eigenvalue weighted by Gasteiger charge is 2.28. The molecule has 0 spiro atoms. The quantitative estimate of drug-likeness (QED) is 0.521. The summed E-state index contributed by atoms with van der Waals surface area (Å²) in [5.41, 5.74) is 0.0732. The molecule has 0 aromatic carbocycles. The third kappa shape index (κ3) is 5.71. The molecular formula is C16H34O2. The van der Waals surface area contributed by atoms with Crippen LogP contribution in [0.2, 0.25) is 0 Å². The summed E-state index contributed by atoms with van der Waals surface area (Å²) in [4.78, 5) is 0. The second-order valence-corrected chi connectivity index (χ2v) is 5.48. The monoisotopic (exact) mass is 258 g/mol. The van der Waals surface area contributed by atoms with Crippen LogP contribution in [0.1, 0.15) is 80.1 Å². The second kappa shape index (κ2) is 8.92. The van der Waals surface area contributed by atoms with Gasteiger partial charge < -0.3 is 9.47 Å². The number of rotatable bonds is 11. The highest BCUT2D eigenvalue weighted by atomic mass is 16.5. The summed E-state index contributed by atoms with van der Waals surface area (Å²) < 4.78 is 12.1. The van der Waals surface area contributed by atoms with E-state index in [0.29, 0.717) is 0 Å². The lowest BCUT2D eigenvalue weighted by molar-refractivity contribution is -0.0963. The van der Waals surface area contributed by atoms with Crippen LogP contribution in [0.5, 0.6) is 0 Å². The van der Waals surface area contributed by atoms with E-state index in [1.54, 1.807) is 0 Å². The fraction of sp³-hybridized carbons (Fsp3) is 1.00. The zero-order valence-electron chi connectivity index (χ0n) is 13.5. The van der Waals surface area contributed by atoms with Gasteiger partial charge in [0.2, 0.25) is 0 Å². The van der Waals surface area contributed by atoms with Crippen LogP contribution in [0.15, 0.2) is 0 Å². The molecule has 0 aliphatic carbocycles. The molecule has 0 heterocycles. The van der Waals surface area contributed by atoms with Crippen molar-refractivity contribution < 1.29 is 9.47 Å². The first kappa shape index (κ1) is 17.9. The summed E-state index contributed by atoms with van der Waals surface area (Å²) in [6.45, 7) is 14.8. The van der Waals surface area contributed by atoms with Crippen LogP contribution in [0.25, 0.3) is 0 Å². The van der Waals surface area contributed by atoms with Crippen LogP contribution in [-0.4, -0.2) is 24.4 Å². The minimum atomic E-state index is -0.0197. The second-order valence-electron chi connectivity index (χ2n) is 5.48. The largest absolute Gasteiger partial charge is 0.375 e. The fourth-order valence-electron chi connectivity index (χ4n) is 2.52. The van der Waals surface area contributed by atoms with E-state index in [9.17, 15) is 0 Å². The van der Waals surface area contributed by atoms with Crippen molar-refractivity contribution in [3.8, 4) is 0 Å². The standard InChI is InChI=1S/C16H34O2/c1-7-12-16(9-3,10-4)18-14-13-15(6,8-2)17-11-5/h7-14H2,1-6H3. The predicted octanol–water partition coefficient (Wildman–Crippen LogP) is 4.96. The van der Waals surface area contributed by atoms with Gasteiger partial charge in [-0.1, -0.05) is 34.1 Å². The molecule has 0 saturated carbocycles. The highest BCUT2D eigenvalue weighted by Crippen LogP contribution is 2.28. The summed E-state index contributed by atoms with van der Waals surface area (Å²) in [5, 5.41) is 0. The smallest absolute Gasteiger partial charge is 0.0677 e. The van der Waals surface area contributed by atoms with Gasteiger partial charge in [-0.2, -0.15) is 0 Å². The fourth-order valence-corrected chi connectivity index (χ4v) is 2.52. The molecule has 0 saturated heterocycles. The van der Waals surface area contributed by atoms with Crippen molar-refractivity contribution in [1.82, 2.24) is 0 Å². The van der Waals surface area contributed by atoms with Crippen LogP contribution >= 0.6 is 0 Å². The van der Waals surface area contributed by atoms with Gasteiger partial charge in [0.1, 0.15) is 0 Å². The van der Waals surface area contributed by atoms with Gasteiger partial charge in [-0.3, -0.25) is 0 Å². The first-order valence-electron chi connectivity index (χ1n) is 7.79. The van der Waals surface area contributed by atoms with Crippen molar-refractivity contribution in [3.63, 3.8) is 0 Å². The van der Waals surface area contributed by atoms with E-state index in [1.807, 2.05) is 0 Å². The zero-order valence-corrected chi connectivity index (χ0v) is 13.5. The molecule has 0 aromatic rings. The van der Waals surface area contributed by atoms with Gasteiger partial charge >= 0.3 is 0 Å². The van der Waals surface area contributed by atoms with Crippen LogP contribution < -0.4 is 0 Å². The number of hydrogen-bond donors (Lipinski definition) is 0. The van der Waals surface area contributed by atoms with E-state index in [1.165, 1.54) is 6.42 Å². The number of hydrogen-bond acceptors (Lipinski definition) is 2. The maximum absolute atomic E-state index is 6.23. The summed E-state index contributed by atoms with van der Waals surface area (Å²) in [6.07, 6.45) is 6.60. The zero-order chi connectivity index (χ0) is 14.1. The van der Waals surface area contributed by atoms with Gasteiger partial charge in [0, 0.05) is 6.61 Å². The molecular weight excluding hydrogens is 224 g/mol. The Morgan fingerprint density at radius 2 is 1.39 bits per heavy atom. The molecule has 0 N–H and O–H groups in total. The van der Waals surface area contributed by atoms with E-state index in [0.717, 1.165) is 45.3 Å². The molecule has 0 aromatic heterocycles. The van der Waals surface area contributed by atoms with Crippen LogP contribution in [0.4, 0.5) is 0 Å². The Labute approximate surface area is 114 Å². The maximum atomic E-state index is 6.23. The van der Waals surface area contributed by atoms with Crippen molar-refractivity contribution in [2.75, 3.05) is 13.2 Å². The molecule has 0 aliphatic rings. The Morgan fingerprint density at radius 1 is 0.778 bits per heavy atom. The lowest BCUT2D eigenvalue weighted by Gasteiger charge is -2.34. The van der Waals surface area contributed by atoms with Crippen LogP contribution in [0.3, 0.4) is 0 Å². The molecule has 18 heavy (non-hydrogen) atoms. The highest BCUT2D eigenvalue weighted by molar-refractivity contribution is 4.79. The van der Waals surface area contributed by atoms with Crippen molar-refractivity contribution in [2.45, 2.75) is 91.3 Å². The molecule has 1 unspecified atom stereocenters.